The Morgan fingerprint density at radius 1 is 1.44 bits per heavy atom. The maximum absolute atomic E-state index is 11.4. The molecular formula is C11H16N2O3. The van der Waals surface area contributed by atoms with Crippen molar-refractivity contribution in [2.24, 2.45) is 0 Å². The minimum atomic E-state index is -0.207. The Balaban J connectivity index is 2.29. The summed E-state index contributed by atoms with van der Waals surface area (Å²) in [5.41, 5.74) is 6.85. The second-order valence-electron chi connectivity index (χ2n) is 3.22. The van der Waals surface area contributed by atoms with E-state index in [0.717, 1.165) is 0 Å². The highest BCUT2D eigenvalue weighted by atomic mass is 16.5. The maximum atomic E-state index is 11.4. The molecule has 1 rings (SSSR count). The summed E-state index contributed by atoms with van der Waals surface area (Å²) in [6.45, 7) is 0.893. The third-order valence-electron chi connectivity index (χ3n) is 1.84. The highest BCUT2D eigenvalue weighted by Crippen LogP contribution is 2.11. The number of hydrogen-bond acceptors (Lipinski definition) is 4. The summed E-state index contributed by atoms with van der Waals surface area (Å²) in [4.78, 5) is 11.4. The van der Waals surface area contributed by atoms with Crippen LogP contribution in [0.2, 0.25) is 0 Å². The molecular weight excluding hydrogens is 208 g/mol. The van der Waals surface area contributed by atoms with Gasteiger partial charge in [0.25, 0.3) is 0 Å². The molecule has 0 spiro atoms. The summed E-state index contributed by atoms with van der Waals surface area (Å²) in [5.74, 6) is -0.207. The molecule has 0 aliphatic carbocycles. The molecule has 0 bridgehead atoms. The van der Waals surface area contributed by atoms with Gasteiger partial charge in [0.2, 0.25) is 5.91 Å². The van der Waals surface area contributed by atoms with E-state index in [9.17, 15) is 4.79 Å². The van der Waals surface area contributed by atoms with Gasteiger partial charge in [-0.05, 0) is 18.2 Å². The zero-order valence-corrected chi connectivity index (χ0v) is 9.23. The van der Waals surface area contributed by atoms with Gasteiger partial charge >= 0.3 is 0 Å². The summed E-state index contributed by atoms with van der Waals surface area (Å²) in [7, 11) is 1.58. The number of ether oxygens (including phenoxy) is 2. The molecule has 0 heterocycles. The number of methoxy groups -OCH3 is 1. The van der Waals surface area contributed by atoms with Crippen molar-refractivity contribution in [3.63, 3.8) is 0 Å². The monoisotopic (exact) mass is 224 g/mol. The molecule has 3 N–H and O–H groups in total. The number of anilines is 2. The van der Waals surface area contributed by atoms with E-state index in [-0.39, 0.29) is 12.5 Å². The lowest BCUT2D eigenvalue weighted by Crippen LogP contribution is -2.19. The number of hydrogen-bond donors (Lipinski definition) is 2. The Hall–Kier alpha value is -1.59. The van der Waals surface area contributed by atoms with Crippen LogP contribution in [-0.2, 0) is 14.3 Å². The summed E-state index contributed by atoms with van der Waals surface area (Å²) in [6, 6.07) is 6.98. The molecule has 5 heteroatoms. The van der Waals surface area contributed by atoms with Gasteiger partial charge in [0, 0.05) is 18.5 Å². The van der Waals surface area contributed by atoms with E-state index in [4.69, 9.17) is 15.2 Å². The van der Waals surface area contributed by atoms with E-state index < -0.39 is 0 Å². The van der Waals surface area contributed by atoms with Crippen LogP contribution >= 0.6 is 0 Å². The number of carbonyl (C=O) groups is 1. The predicted molar refractivity (Wildman–Crippen MR) is 62.2 cm³/mol. The summed E-state index contributed by atoms with van der Waals surface area (Å²) < 4.78 is 9.85. The summed E-state index contributed by atoms with van der Waals surface area (Å²) in [6.07, 6.45) is 0. The molecule has 0 saturated carbocycles. The quantitative estimate of drug-likeness (QED) is 0.555. The molecule has 0 fully saturated rings. The fraction of sp³-hybridized carbons (Fsp3) is 0.364. The van der Waals surface area contributed by atoms with Crippen LogP contribution in [0.15, 0.2) is 24.3 Å². The fourth-order valence-corrected chi connectivity index (χ4v) is 1.12. The predicted octanol–water partition coefficient (Wildman–Crippen LogP) is 0.870. The second kappa shape index (κ2) is 6.81. The average Bonchev–Trinajstić information content (AvgIpc) is 2.24. The van der Waals surface area contributed by atoms with Crippen molar-refractivity contribution < 1.29 is 14.3 Å². The number of nitrogens with two attached hydrogens (primary N) is 1. The van der Waals surface area contributed by atoms with Crippen LogP contribution in [-0.4, -0.2) is 32.8 Å². The van der Waals surface area contributed by atoms with Gasteiger partial charge in [0.05, 0.1) is 13.2 Å². The molecule has 16 heavy (non-hydrogen) atoms. The van der Waals surface area contributed by atoms with Gasteiger partial charge in [0.15, 0.2) is 0 Å². The van der Waals surface area contributed by atoms with Crippen LogP contribution in [0.1, 0.15) is 0 Å². The highest BCUT2D eigenvalue weighted by Gasteiger charge is 2.02. The van der Waals surface area contributed by atoms with Crippen molar-refractivity contribution in [3.8, 4) is 0 Å². The van der Waals surface area contributed by atoms with Crippen LogP contribution in [0.25, 0.3) is 0 Å². The van der Waals surface area contributed by atoms with Crippen molar-refractivity contribution in [1.29, 1.82) is 0 Å². The van der Waals surface area contributed by atoms with Gasteiger partial charge in [-0.3, -0.25) is 4.79 Å². The molecule has 0 aliphatic heterocycles. The Bertz CT molecular complexity index is 342. The third kappa shape index (κ3) is 4.77. The standard InChI is InChI=1S/C11H16N2O3/c1-15-5-6-16-8-11(14)13-10-4-2-3-9(12)7-10/h2-4,7H,5-6,8,12H2,1H3,(H,13,14). The number of amides is 1. The zero-order chi connectivity index (χ0) is 11.8. The second-order valence-corrected chi connectivity index (χ2v) is 3.22. The van der Waals surface area contributed by atoms with Crippen LogP contribution in [0.3, 0.4) is 0 Å². The van der Waals surface area contributed by atoms with Crippen molar-refractivity contribution in [3.05, 3.63) is 24.3 Å². The number of rotatable bonds is 6. The fourth-order valence-electron chi connectivity index (χ4n) is 1.12. The molecule has 0 saturated heterocycles. The molecule has 88 valence electrons. The molecule has 5 nitrogen and oxygen atoms in total. The van der Waals surface area contributed by atoms with Gasteiger partial charge in [0.1, 0.15) is 6.61 Å². The maximum Gasteiger partial charge on any atom is 0.250 e. The minimum absolute atomic E-state index is 0.0121. The molecule has 0 aromatic heterocycles. The first kappa shape index (κ1) is 12.5. The normalized spacial score (nSPS) is 10.1. The van der Waals surface area contributed by atoms with Gasteiger partial charge in [-0.2, -0.15) is 0 Å². The molecule has 0 radical (unpaired) electrons. The Labute approximate surface area is 94.5 Å². The molecule has 1 aromatic rings. The van der Waals surface area contributed by atoms with Crippen LogP contribution in [0.5, 0.6) is 0 Å². The van der Waals surface area contributed by atoms with Gasteiger partial charge in [-0.25, -0.2) is 0 Å². The van der Waals surface area contributed by atoms with Crippen LogP contribution < -0.4 is 11.1 Å². The first-order valence-corrected chi connectivity index (χ1v) is 4.94. The Morgan fingerprint density at radius 3 is 2.94 bits per heavy atom. The van der Waals surface area contributed by atoms with E-state index in [2.05, 4.69) is 5.32 Å². The average molecular weight is 224 g/mol. The molecule has 0 aliphatic rings. The van der Waals surface area contributed by atoms with Crippen LogP contribution in [0.4, 0.5) is 11.4 Å². The van der Waals surface area contributed by atoms with E-state index in [0.29, 0.717) is 24.6 Å². The Morgan fingerprint density at radius 2 is 2.25 bits per heavy atom. The number of nitrogens with one attached hydrogen (secondary N) is 1. The lowest BCUT2D eigenvalue weighted by molar-refractivity contribution is -0.121. The molecule has 1 amide bonds. The van der Waals surface area contributed by atoms with Gasteiger partial charge in [-0.1, -0.05) is 6.07 Å². The highest BCUT2D eigenvalue weighted by molar-refractivity contribution is 5.92. The zero-order valence-electron chi connectivity index (χ0n) is 9.23. The number of carbonyl (C=O) groups excluding carboxylic acids is 1. The largest absolute Gasteiger partial charge is 0.399 e. The summed E-state index contributed by atoms with van der Waals surface area (Å²) >= 11 is 0. The molecule has 1 aromatic carbocycles. The number of nitrogen functional groups attached to an aromatic ring is 1. The first-order chi connectivity index (χ1) is 7.72. The van der Waals surface area contributed by atoms with Crippen LogP contribution in [0, 0.1) is 0 Å². The van der Waals surface area contributed by atoms with E-state index in [1.807, 2.05) is 0 Å². The first-order valence-electron chi connectivity index (χ1n) is 4.94. The van der Waals surface area contributed by atoms with Crippen molar-refractivity contribution in [1.82, 2.24) is 0 Å². The topological polar surface area (TPSA) is 73.6 Å². The smallest absolute Gasteiger partial charge is 0.250 e. The molecule has 0 atom stereocenters. The lowest BCUT2D eigenvalue weighted by atomic mass is 10.3. The van der Waals surface area contributed by atoms with E-state index >= 15 is 0 Å². The Kier molecular flexibility index (Phi) is 5.31. The summed E-state index contributed by atoms with van der Waals surface area (Å²) in [5, 5.41) is 2.67. The SMILES string of the molecule is COCCOCC(=O)Nc1cccc(N)c1. The lowest BCUT2D eigenvalue weighted by Gasteiger charge is -2.06. The van der Waals surface area contributed by atoms with Crippen molar-refractivity contribution in [2.45, 2.75) is 0 Å². The third-order valence-corrected chi connectivity index (χ3v) is 1.84. The van der Waals surface area contributed by atoms with Crippen molar-refractivity contribution >= 4 is 17.3 Å². The number of benzene rings is 1. The minimum Gasteiger partial charge on any atom is -0.399 e. The van der Waals surface area contributed by atoms with Gasteiger partial charge < -0.3 is 20.5 Å². The van der Waals surface area contributed by atoms with Gasteiger partial charge in [-0.15, -0.1) is 0 Å². The van der Waals surface area contributed by atoms with Crippen molar-refractivity contribution in [2.75, 3.05) is 38.0 Å². The van der Waals surface area contributed by atoms with E-state index in [1.54, 1.807) is 31.4 Å². The molecule has 0 unspecified atom stereocenters. The van der Waals surface area contributed by atoms with E-state index in [1.165, 1.54) is 0 Å².